The number of hydrogen-bond acceptors (Lipinski definition) is 5. The maximum Gasteiger partial charge on any atom is 0.387 e. The maximum absolute atomic E-state index is 13.3. The first kappa shape index (κ1) is 22.7. The third kappa shape index (κ3) is 3.99. The summed E-state index contributed by atoms with van der Waals surface area (Å²) in [7, 11) is 1.57. The van der Waals surface area contributed by atoms with Crippen LogP contribution >= 0.6 is 0 Å². The molecule has 1 fully saturated rings. The van der Waals surface area contributed by atoms with Gasteiger partial charge in [-0.2, -0.15) is 8.78 Å². The van der Waals surface area contributed by atoms with Gasteiger partial charge in [0.05, 0.1) is 0 Å². The van der Waals surface area contributed by atoms with E-state index in [4.69, 9.17) is 5.73 Å². The number of aryl methyl sites for hydroxylation is 1. The summed E-state index contributed by atoms with van der Waals surface area (Å²) < 4.78 is 29.8. The van der Waals surface area contributed by atoms with Crippen molar-refractivity contribution in [2.75, 3.05) is 20.1 Å². The van der Waals surface area contributed by atoms with Gasteiger partial charge in [0.2, 0.25) is 0 Å². The molecule has 31 heavy (non-hydrogen) atoms. The molecule has 6 nitrogen and oxygen atoms in total. The summed E-state index contributed by atoms with van der Waals surface area (Å²) in [6.07, 6.45) is 0. The van der Waals surface area contributed by atoms with Gasteiger partial charge < -0.3 is 15.8 Å². The number of benzene rings is 2. The lowest BCUT2D eigenvalue weighted by Gasteiger charge is -2.30. The number of halogens is 2. The van der Waals surface area contributed by atoms with E-state index in [9.17, 15) is 13.6 Å². The van der Waals surface area contributed by atoms with Gasteiger partial charge in [-0.15, -0.1) is 0 Å². The first-order chi connectivity index (χ1) is 14.8. The van der Waals surface area contributed by atoms with E-state index in [1.165, 1.54) is 11.0 Å². The van der Waals surface area contributed by atoms with Crippen LogP contribution in [0.1, 0.15) is 42.0 Å². The zero-order chi connectivity index (χ0) is 22.8. The minimum atomic E-state index is -2.92. The van der Waals surface area contributed by atoms with Gasteiger partial charge in [-0.05, 0) is 41.3 Å². The number of nitrogens with two attached hydrogens (primary N) is 1. The molecule has 0 radical (unpaired) electrons. The normalized spacial score (nSPS) is 20.8. The molecule has 3 N–H and O–H groups in total. The summed E-state index contributed by atoms with van der Waals surface area (Å²) in [6, 6.07) is 12.5. The fourth-order valence-corrected chi connectivity index (χ4v) is 3.83. The highest BCUT2D eigenvalue weighted by Crippen LogP contribution is 2.41. The van der Waals surface area contributed by atoms with Gasteiger partial charge in [0, 0.05) is 26.1 Å². The standard InChI is InChI=1S/C21H22F2N4O2.C2H6/c1-12-8-16(6-7-17(12)29-19(22)23)21(18(28)27(2)20(24)26-21)15-5-3-4-13(9-15)14-10-25-11-14;1-2/h3-9,14,19,25H,10-11H2,1-2H3,(H2,24,26);1-2H3. The van der Waals surface area contributed by atoms with Gasteiger partial charge in [-0.3, -0.25) is 9.69 Å². The molecule has 1 saturated heterocycles. The number of carbonyl (C=O) groups excluding carboxylic acids is 1. The largest absolute Gasteiger partial charge is 0.435 e. The van der Waals surface area contributed by atoms with Gasteiger partial charge in [-0.1, -0.05) is 44.2 Å². The summed E-state index contributed by atoms with van der Waals surface area (Å²) >= 11 is 0. The van der Waals surface area contributed by atoms with Crippen molar-refractivity contribution >= 4 is 11.9 Å². The van der Waals surface area contributed by atoms with Crippen molar-refractivity contribution in [3.8, 4) is 5.75 Å². The van der Waals surface area contributed by atoms with E-state index in [1.54, 1.807) is 26.1 Å². The van der Waals surface area contributed by atoms with Gasteiger partial charge in [0.25, 0.3) is 5.91 Å². The molecule has 2 aliphatic heterocycles. The Morgan fingerprint density at radius 3 is 2.39 bits per heavy atom. The molecule has 166 valence electrons. The highest BCUT2D eigenvalue weighted by Gasteiger charge is 2.49. The van der Waals surface area contributed by atoms with Crippen molar-refractivity contribution in [2.45, 2.75) is 38.8 Å². The quantitative estimate of drug-likeness (QED) is 0.763. The zero-order valence-electron chi connectivity index (χ0n) is 18.2. The summed E-state index contributed by atoms with van der Waals surface area (Å²) in [5, 5.41) is 3.24. The van der Waals surface area contributed by atoms with E-state index in [0.29, 0.717) is 22.6 Å². The summed E-state index contributed by atoms with van der Waals surface area (Å²) in [6.45, 7) is 4.50. The molecule has 0 aliphatic carbocycles. The van der Waals surface area contributed by atoms with Crippen LogP contribution in [0.15, 0.2) is 47.5 Å². The number of aliphatic imine (C=N–C) groups is 1. The number of hydrogen-bond donors (Lipinski definition) is 2. The minimum absolute atomic E-state index is 0.0592. The molecule has 0 spiro atoms. The molecule has 0 aromatic heterocycles. The van der Waals surface area contributed by atoms with E-state index in [-0.39, 0.29) is 17.6 Å². The first-order valence-electron chi connectivity index (χ1n) is 10.3. The van der Waals surface area contributed by atoms with Crippen LogP contribution in [-0.4, -0.2) is 43.5 Å². The number of amides is 1. The Kier molecular flexibility index (Phi) is 6.59. The lowest BCUT2D eigenvalue weighted by Crippen LogP contribution is -2.42. The number of ether oxygens (including phenoxy) is 1. The zero-order valence-corrected chi connectivity index (χ0v) is 18.2. The number of alkyl halides is 2. The molecule has 4 rings (SSSR count). The van der Waals surface area contributed by atoms with Crippen LogP contribution in [0.3, 0.4) is 0 Å². The molecule has 8 heteroatoms. The minimum Gasteiger partial charge on any atom is -0.435 e. The van der Waals surface area contributed by atoms with Crippen molar-refractivity contribution in [1.29, 1.82) is 0 Å². The van der Waals surface area contributed by atoms with E-state index < -0.39 is 12.2 Å². The van der Waals surface area contributed by atoms with Crippen molar-refractivity contribution in [2.24, 2.45) is 10.7 Å². The van der Waals surface area contributed by atoms with E-state index in [1.807, 2.05) is 38.1 Å². The Morgan fingerprint density at radius 2 is 1.87 bits per heavy atom. The molecule has 2 aromatic carbocycles. The van der Waals surface area contributed by atoms with Gasteiger partial charge in [0.1, 0.15) is 5.75 Å². The molecule has 2 aliphatic rings. The fraction of sp³-hybridized carbons (Fsp3) is 0.391. The van der Waals surface area contributed by atoms with Crippen LogP contribution in [0.25, 0.3) is 0 Å². The van der Waals surface area contributed by atoms with Crippen LogP contribution in [-0.2, 0) is 10.3 Å². The number of likely N-dealkylation sites (N-methyl/N-ethyl adjacent to an activating group) is 1. The first-order valence-corrected chi connectivity index (χ1v) is 10.3. The third-order valence-corrected chi connectivity index (χ3v) is 5.61. The van der Waals surface area contributed by atoms with E-state index in [2.05, 4.69) is 15.0 Å². The lowest BCUT2D eigenvalue weighted by molar-refractivity contribution is -0.129. The average Bonchev–Trinajstić information content (AvgIpc) is 2.94. The van der Waals surface area contributed by atoms with Crippen LogP contribution in [0.2, 0.25) is 0 Å². The summed E-state index contributed by atoms with van der Waals surface area (Å²) in [5.41, 5.74) is 7.50. The molecule has 2 aromatic rings. The smallest absolute Gasteiger partial charge is 0.387 e. The van der Waals surface area contributed by atoms with Crippen LogP contribution in [0, 0.1) is 6.92 Å². The molecule has 0 saturated carbocycles. The topological polar surface area (TPSA) is 80.0 Å². The third-order valence-electron chi connectivity index (χ3n) is 5.61. The Hall–Kier alpha value is -3.00. The Balaban J connectivity index is 0.00000132. The maximum atomic E-state index is 13.3. The molecule has 2 heterocycles. The molecule has 1 amide bonds. The summed E-state index contributed by atoms with van der Waals surface area (Å²) in [5.74, 6) is 0.257. The molecule has 1 atom stereocenters. The van der Waals surface area contributed by atoms with Crippen LogP contribution in [0.4, 0.5) is 8.78 Å². The molecular formula is C23H28F2N4O2. The van der Waals surface area contributed by atoms with Crippen molar-refractivity contribution in [1.82, 2.24) is 10.2 Å². The molecule has 1 unspecified atom stereocenters. The second-order valence-corrected chi connectivity index (χ2v) is 7.38. The monoisotopic (exact) mass is 430 g/mol. The van der Waals surface area contributed by atoms with Gasteiger partial charge in [0.15, 0.2) is 11.5 Å². The SMILES string of the molecule is CC.Cc1cc(C2(c3cccc(C4CNC4)c3)N=C(N)N(C)C2=O)ccc1OC(F)F. The number of guanidine groups is 1. The Labute approximate surface area is 181 Å². The van der Waals surface area contributed by atoms with Crippen molar-refractivity contribution < 1.29 is 18.3 Å². The number of nitrogens with one attached hydrogen (secondary N) is 1. The lowest BCUT2D eigenvalue weighted by atomic mass is 9.80. The van der Waals surface area contributed by atoms with Crippen molar-refractivity contribution in [3.05, 3.63) is 64.7 Å². The number of nitrogens with zero attached hydrogens (tertiary/aromatic N) is 2. The Bertz CT molecular complexity index is 991. The van der Waals surface area contributed by atoms with E-state index >= 15 is 0 Å². The van der Waals surface area contributed by atoms with E-state index in [0.717, 1.165) is 18.7 Å². The van der Waals surface area contributed by atoms with Crippen molar-refractivity contribution in [3.63, 3.8) is 0 Å². The fourth-order valence-electron chi connectivity index (χ4n) is 3.83. The summed E-state index contributed by atoms with van der Waals surface area (Å²) in [4.78, 5) is 19.2. The highest BCUT2D eigenvalue weighted by atomic mass is 19.3. The molecular weight excluding hydrogens is 402 g/mol. The van der Waals surface area contributed by atoms with Gasteiger partial charge >= 0.3 is 6.61 Å². The number of carbonyl (C=O) groups is 1. The van der Waals surface area contributed by atoms with Crippen LogP contribution < -0.4 is 15.8 Å². The molecule has 0 bridgehead atoms. The number of rotatable bonds is 5. The average molecular weight is 430 g/mol. The predicted octanol–water partition coefficient (Wildman–Crippen LogP) is 3.34. The second kappa shape index (κ2) is 9.01. The predicted molar refractivity (Wildman–Crippen MR) is 116 cm³/mol. The van der Waals surface area contributed by atoms with Crippen LogP contribution in [0.5, 0.6) is 5.75 Å². The highest BCUT2D eigenvalue weighted by molar-refractivity contribution is 6.09. The Morgan fingerprint density at radius 1 is 1.19 bits per heavy atom. The van der Waals surface area contributed by atoms with Gasteiger partial charge in [-0.25, -0.2) is 4.99 Å². The second-order valence-electron chi connectivity index (χ2n) is 7.38.